The second-order valence-electron chi connectivity index (χ2n) is 17.7. The van der Waals surface area contributed by atoms with Crippen molar-refractivity contribution < 1.29 is 43.8 Å². The molecule has 2 heterocycles. The van der Waals surface area contributed by atoms with Gasteiger partial charge in [0.05, 0.1) is 6.04 Å². The van der Waals surface area contributed by atoms with Gasteiger partial charge in [-0.25, -0.2) is 0 Å². The molecule has 6 amide bonds. The molecule has 2 aliphatic heterocycles. The van der Waals surface area contributed by atoms with Crippen LogP contribution in [-0.4, -0.2) is 112 Å². The molecule has 4 bridgehead atoms. The van der Waals surface area contributed by atoms with Gasteiger partial charge < -0.3 is 51.8 Å². The molecular weight excluding hydrogens is 878 g/mol. The van der Waals surface area contributed by atoms with Gasteiger partial charge in [0, 0.05) is 41.7 Å². The van der Waals surface area contributed by atoms with Crippen molar-refractivity contribution in [2.75, 3.05) is 20.1 Å². The maximum Gasteiger partial charge on any atom is 0.251 e. The first kappa shape index (κ1) is 48.2. The van der Waals surface area contributed by atoms with Crippen LogP contribution in [0.1, 0.15) is 73.5 Å². The lowest BCUT2D eigenvalue weighted by Crippen LogP contribution is -2.58. The number of amides is 6. The Balaban J connectivity index is 1.16. The number of nitrogens with zero attached hydrogens (tertiary/aromatic N) is 2. The highest BCUT2D eigenvalue weighted by atomic mass is 35.5. The Morgan fingerprint density at radius 3 is 2.18 bits per heavy atom. The van der Waals surface area contributed by atoms with Gasteiger partial charge >= 0.3 is 0 Å². The molecule has 8 atom stereocenters. The smallest absolute Gasteiger partial charge is 0.251 e. The number of aldehydes is 1. The van der Waals surface area contributed by atoms with Gasteiger partial charge in [-0.05, 0) is 135 Å². The quantitative estimate of drug-likeness (QED) is 0.0751. The van der Waals surface area contributed by atoms with Crippen LogP contribution >= 0.6 is 11.6 Å². The lowest BCUT2D eigenvalue weighted by Gasteiger charge is -2.32. The Bertz CT molecular complexity index is 2540. The molecule has 0 radical (unpaired) electrons. The molecule has 7 rings (SSSR count). The summed E-state index contributed by atoms with van der Waals surface area (Å²) in [6.45, 7) is 3.68. The molecule has 0 aromatic heterocycles. The van der Waals surface area contributed by atoms with Crippen LogP contribution in [-0.2, 0) is 35.2 Å². The molecule has 16 nitrogen and oxygen atoms in total. The number of hydrogen-bond acceptors (Lipinski definition) is 10. The maximum atomic E-state index is 14.6. The minimum Gasteiger partial charge on any atom is -0.507 e. The highest BCUT2D eigenvalue weighted by Gasteiger charge is 2.49. The molecule has 1 saturated carbocycles. The van der Waals surface area contributed by atoms with E-state index in [1.165, 1.54) is 56.1 Å². The number of likely N-dealkylation sites (N-methyl/N-ethyl adjacent to an activating group) is 1. The number of fused-ring (bicyclic) bond motifs is 6. The predicted octanol–water partition coefficient (Wildman–Crippen LogP) is 4.00. The number of phenolic OH excluding ortho intramolecular Hbond substituents is 2. The average molecular weight is 934 g/mol. The molecule has 0 unspecified atom stereocenters. The monoisotopic (exact) mass is 933 g/mol. The van der Waals surface area contributed by atoms with Crippen LogP contribution in [0, 0.1) is 11.8 Å². The van der Waals surface area contributed by atoms with E-state index < -0.39 is 71.7 Å². The predicted molar refractivity (Wildman–Crippen MR) is 250 cm³/mol. The fourth-order valence-electron chi connectivity index (χ4n) is 9.25. The average Bonchev–Trinajstić information content (AvgIpc) is 3.56. The number of rotatable bonds is 13. The summed E-state index contributed by atoms with van der Waals surface area (Å²) < 4.78 is 0. The summed E-state index contributed by atoms with van der Waals surface area (Å²) in [6, 6.07) is 16.0. The van der Waals surface area contributed by atoms with Gasteiger partial charge in [0.2, 0.25) is 29.5 Å². The number of benzene rings is 4. The number of nitrogens with one attached hydrogen (secondary N) is 4. The molecule has 352 valence electrons. The normalized spacial score (nSPS) is 22.1. The van der Waals surface area contributed by atoms with Crippen molar-refractivity contribution >= 4 is 53.3 Å². The number of carbonyl (C=O) groups excluding carboxylic acids is 7. The van der Waals surface area contributed by atoms with Crippen molar-refractivity contribution in [3.63, 3.8) is 0 Å². The Labute approximate surface area is 393 Å². The number of likely N-dealkylation sites (tertiary alicyclic amines) is 1. The third-order valence-electron chi connectivity index (χ3n) is 13.2. The molecule has 2 fully saturated rings. The standard InChI is InChI=1S/C50H56ClN7O9/c1-27-45(62)56-40(47(64)54-28(2)49(66)58-25-34-14-18-36(34)41(58)26-59)23-29-7-19-42(60)37(22-29)38-24-33(15-20-43(38)61)44(48(65)53-27)57(3)50(67)39(6-4-5-21-52)55-46(63)32-10-8-30(9-11-32)31-12-16-35(51)17-13-31/h7-13,15-17,19-20,22,24,26-28,34,36,39-41,44,60-61H,4-6,14,18,21,23,25,52H2,1-3H3,(H,53,65)(H,54,64)(H,55,63)(H,56,62)/t27-,28-,34+,36+,39-,40-,41+,44-/m0/s1. The first-order valence-electron chi connectivity index (χ1n) is 22.5. The zero-order chi connectivity index (χ0) is 48.1. The van der Waals surface area contributed by atoms with Crippen LogP contribution in [0.15, 0.2) is 84.9 Å². The summed E-state index contributed by atoms with van der Waals surface area (Å²) in [6.07, 6.45) is 3.61. The largest absolute Gasteiger partial charge is 0.507 e. The van der Waals surface area contributed by atoms with E-state index in [2.05, 4.69) is 21.3 Å². The van der Waals surface area contributed by atoms with Gasteiger partial charge in [-0.3, -0.25) is 28.8 Å². The third-order valence-corrected chi connectivity index (χ3v) is 13.5. The van der Waals surface area contributed by atoms with Crippen molar-refractivity contribution in [2.45, 2.75) is 88.6 Å². The topological polar surface area (TPSA) is 241 Å². The van der Waals surface area contributed by atoms with Crippen LogP contribution in [0.3, 0.4) is 0 Å². The van der Waals surface area contributed by atoms with Gasteiger partial charge in [0.25, 0.3) is 5.91 Å². The number of carbonyl (C=O) groups is 7. The van der Waals surface area contributed by atoms with Crippen LogP contribution in [0.2, 0.25) is 5.02 Å². The Hall–Kier alpha value is -6.78. The molecule has 0 spiro atoms. The van der Waals surface area contributed by atoms with Crippen molar-refractivity contribution in [1.29, 1.82) is 0 Å². The zero-order valence-electron chi connectivity index (χ0n) is 37.5. The SMILES string of the molecule is C[C@@H]1NC(=O)[C@@H](N(C)C(=O)[C@H](CCCCN)NC(=O)c2ccc(-c3ccc(Cl)cc3)cc2)c2ccc(O)c(c2)-c2cc(ccc2O)C[C@@H](C(=O)N[C@@H](C)C(=O)N2C[C@H]3CC[C@H]3[C@H]2C=O)NC1=O. The Kier molecular flexibility index (Phi) is 15.0. The van der Waals surface area contributed by atoms with Crippen LogP contribution in [0.4, 0.5) is 0 Å². The first-order chi connectivity index (χ1) is 32.1. The van der Waals surface area contributed by atoms with Gasteiger partial charge in [0.1, 0.15) is 48.0 Å². The molecule has 4 aromatic carbocycles. The summed E-state index contributed by atoms with van der Waals surface area (Å²) in [7, 11) is 1.39. The number of unbranched alkanes of at least 4 members (excludes halogenated alkanes) is 1. The Morgan fingerprint density at radius 2 is 1.54 bits per heavy atom. The van der Waals surface area contributed by atoms with E-state index in [0.717, 1.165) is 35.2 Å². The minimum absolute atomic E-state index is 0.0980. The molecule has 4 aromatic rings. The summed E-state index contributed by atoms with van der Waals surface area (Å²) in [5, 5.41) is 33.9. The van der Waals surface area contributed by atoms with E-state index in [4.69, 9.17) is 17.3 Å². The number of aromatic hydroxyl groups is 2. The summed E-state index contributed by atoms with van der Waals surface area (Å²) in [4.78, 5) is 99.1. The first-order valence-corrected chi connectivity index (χ1v) is 22.9. The molecule has 8 N–H and O–H groups in total. The van der Waals surface area contributed by atoms with E-state index in [0.29, 0.717) is 36.5 Å². The number of hydrogen-bond donors (Lipinski definition) is 7. The molecule has 1 saturated heterocycles. The highest BCUT2D eigenvalue weighted by Crippen LogP contribution is 2.44. The lowest BCUT2D eigenvalue weighted by atomic mass is 9.73. The third kappa shape index (κ3) is 10.6. The van der Waals surface area contributed by atoms with Gasteiger partial charge in [-0.2, -0.15) is 0 Å². The summed E-state index contributed by atoms with van der Waals surface area (Å²) in [5.74, 6) is -4.06. The number of halogens is 1. The maximum absolute atomic E-state index is 14.6. The van der Waals surface area contributed by atoms with E-state index in [1.807, 2.05) is 12.1 Å². The molecule has 1 aliphatic carbocycles. The van der Waals surface area contributed by atoms with Gasteiger partial charge in [-0.1, -0.05) is 48.0 Å². The van der Waals surface area contributed by atoms with Gasteiger partial charge in [0.15, 0.2) is 0 Å². The summed E-state index contributed by atoms with van der Waals surface area (Å²) >= 11 is 6.06. The lowest BCUT2D eigenvalue weighted by molar-refractivity contribution is -0.142. The Morgan fingerprint density at radius 1 is 0.881 bits per heavy atom. The van der Waals surface area contributed by atoms with E-state index in [1.54, 1.807) is 42.5 Å². The second kappa shape index (κ2) is 20.8. The van der Waals surface area contributed by atoms with Crippen LogP contribution in [0.5, 0.6) is 11.5 Å². The number of phenols is 2. The van der Waals surface area contributed by atoms with Crippen LogP contribution < -0.4 is 27.0 Å². The van der Waals surface area contributed by atoms with Crippen molar-refractivity contribution in [1.82, 2.24) is 31.1 Å². The molecule has 67 heavy (non-hydrogen) atoms. The fourth-order valence-corrected chi connectivity index (χ4v) is 9.38. The van der Waals surface area contributed by atoms with Crippen molar-refractivity contribution in [3.05, 3.63) is 107 Å². The molecular formula is C50H56ClN7O9. The second-order valence-corrected chi connectivity index (χ2v) is 18.2. The zero-order valence-corrected chi connectivity index (χ0v) is 38.3. The number of nitrogens with two attached hydrogens (primary N) is 1. The van der Waals surface area contributed by atoms with E-state index in [-0.39, 0.29) is 58.4 Å². The fraction of sp³-hybridized carbons (Fsp3) is 0.380. The van der Waals surface area contributed by atoms with E-state index >= 15 is 0 Å². The van der Waals surface area contributed by atoms with Crippen molar-refractivity contribution in [2.24, 2.45) is 17.6 Å². The molecule has 17 heteroatoms. The van der Waals surface area contributed by atoms with Crippen LogP contribution in [0.25, 0.3) is 22.3 Å². The van der Waals surface area contributed by atoms with E-state index in [9.17, 15) is 43.8 Å². The van der Waals surface area contributed by atoms with Crippen molar-refractivity contribution in [3.8, 4) is 33.8 Å². The molecule has 3 aliphatic rings. The van der Waals surface area contributed by atoms with Gasteiger partial charge in [-0.15, -0.1) is 0 Å². The summed E-state index contributed by atoms with van der Waals surface area (Å²) in [5.41, 5.74) is 8.72. The minimum atomic E-state index is -1.45. The highest BCUT2D eigenvalue weighted by molar-refractivity contribution is 6.30.